The van der Waals surface area contributed by atoms with Crippen LogP contribution in [0.1, 0.15) is 0 Å². The lowest BCUT2D eigenvalue weighted by Crippen LogP contribution is -2.00. The molecule has 3 heterocycles. The van der Waals surface area contributed by atoms with Gasteiger partial charge in [0.2, 0.25) is 0 Å². The van der Waals surface area contributed by atoms with Crippen LogP contribution in [0.25, 0.3) is 138 Å². The normalized spacial score (nSPS) is 11.8. The van der Waals surface area contributed by atoms with Gasteiger partial charge in [-0.25, -0.2) is 15.0 Å². The second-order valence-electron chi connectivity index (χ2n) is 17.6. The summed E-state index contributed by atoms with van der Waals surface area (Å²) in [6, 6.07) is 81.7. The molecule has 0 aliphatic heterocycles. The average Bonchev–Trinajstić information content (AvgIpc) is 3.96. The van der Waals surface area contributed by atoms with Crippen molar-refractivity contribution >= 4 is 76.1 Å². The Morgan fingerprint density at radius 1 is 0.294 bits per heavy atom. The SMILES string of the molecule is c1ccc(-c2ccc(-c3nc(-c4ccc(-c5ccccc5)cc4)nc(-c4cccc5oc6ccc7ccc(-n8c9cc%10ccccc%10cc9c9c%10ccccc%10ccc98)cc7c6c45)n3)cc2)cc1. The molecule has 11 aromatic carbocycles. The molecule has 3 aromatic heterocycles. The Bertz CT molecular complexity index is 4190. The first-order valence-corrected chi connectivity index (χ1v) is 23.0. The quantitative estimate of drug-likeness (QED) is 0.167. The van der Waals surface area contributed by atoms with Crippen LogP contribution in [0.5, 0.6) is 0 Å². The minimum Gasteiger partial charge on any atom is -0.456 e. The molecule has 0 radical (unpaired) electrons. The average molecular weight is 867 g/mol. The molecule has 0 saturated heterocycles. The van der Waals surface area contributed by atoms with E-state index >= 15 is 0 Å². The summed E-state index contributed by atoms with van der Waals surface area (Å²) in [5.74, 6) is 1.77. The molecule has 0 fully saturated rings. The van der Waals surface area contributed by atoms with Crippen LogP contribution >= 0.6 is 0 Å². The monoisotopic (exact) mass is 866 g/mol. The van der Waals surface area contributed by atoms with Crippen molar-refractivity contribution in [2.45, 2.75) is 0 Å². The first-order valence-electron chi connectivity index (χ1n) is 23.0. The van der Waals surface area contributed by atoms with E-state index in [0.717, 1.165) is 88.4 Å². The Kier molecular flexibility index (Phi) is 8.52. The molecule has 68 heavy (non-hydrogen) atoms. The summed E-state index contributed by atoms with van der Waals surface area (Å²) in [7, 11) is 0. The molecule has 5 heteroatoms. The molecule has 0 saturated carbocycles. The number of furan rings is 1. The molecule has 14 rings (SSSR count). The van der Waals surface area contributed by atoms with Gasteiger partial charge in [0.05, 0.1) is 11.0 Å². The number of fused-ring (bicyclic) bond motifs is 11. The van der Waals surface area contributed by atoms with Gasteiger partial charge in [-0.15, -0.1) is 0 Å². The first kappa shape index (κ1) is 38.1. The molecule has 5 nitrogen and oxygen atoms in total. The van der Waals surface area contributed by atoms with Crippen molar-refractivity contribution in [3.8, 4) is 62.1 Å². The smallest absolute Gasteiger partial charge is 0.164 e. The topological polar surface area (TPSA) is 56.7 Å². The fourth-order valence-electron chi connectivity index (χ4n) is 10.3. The zero-order chi connectivity index (χ0) is 44.7. The van der Waals surface area contributed by atoms with Crippen molar-refractivity contribution in [3.63, 3.8) is 0 Å². The van der Waals surface area contributed by atoms with Crippen molar-refractivity contribution in [3.05, 3.63) is 231 Å². The van der Waals surface area contributed by atoms with Crippen molar-refractivity contribution < 1.29 is 4.42 Å². The molecule has 14 aromatic rings. The molecule has 316 valence electrons. The summed E-state index contributed by atoms with van der Waals surface area (Å²) in [4.78, 5) is 15.7. The van der Waals surface area contributed by atoms with Crippen molar-refractivity contribution in [2.75, 3.05) is 0 Å². The summed E-state index contributed by atoms with van der Waals surface area (Å²) in [5, 5.41) is 11.6. The van der Waals surface area contributed by atoms with E-state index in [0.29, 0.717) is 17.5 Å². The highest BCUT2D eigenvalue weighted by molar-refractivity contribution is 6.25. The van der Waals surface area contributed by atoms with Gasteiger partial charge in [0.15, 0.2) is 17.5 Å². The maximum atomic E-state index is 6.75. The minimum atomic E-state index is 0.576. The van der Waals surface area contributed by atoms with Gasteiger partial charge >= 0.3 is 0 Å². The Labute approximate surface area is 390 Å². The number of aromatic nitrogens is 4. The standard InChI is InChI=1S/C63H38N4O/c1-3-12-39(13-4-1)41-22-26-45(27-23-41)61-64-62(46-28-24-42(25-29-46)40-14-5-2-6-15-40)66-63(65-61)51-20-11-21-56-59(51)60-52-38-49(33-30-44(52)32-35-57(60)68-56)67-54-34-31-43-16-9-10-19-50(43)58(54)53-36-47-17-7-8-18-48(47)37-55(53)67/h1-38H. The zero-order valence-corrected chi connectivity index (χ0v) is 36.6. The third kappa shape index (κ3) is 6.14. The maximum Gasteiger partial charge on any atom is 0.164 e. The van der Waals surface area contributed by atoms with Crippen LogP contribution in [0.15, 0.2) is 235 Å². The molecule has 0 aliphatic rings. The highest BCUT2D eigenvalue weighted by Crippen LogP contribution is 2.43. The summed E-state index contributed by atoms with van der Waals surface area (Å²) in [6.07, 6.45) is 0. The fourth-order valence-corrected chi connectivity index (χ4v) is 10.3. The highest BCUT2D eigenvalue weighted by atomic mass is 16.3. The Morgan fingerprint density at radius 3 is 1.51 bits per heavy atom. The van der Waals surface area contributed by atoms with E-state index in [1.807, 2.05) is 24.3 Å². The van der Waals surface area contributed by atoms with Gasteiger partial charge in [-0.3, -0.25) is 0 Å². The second kappa shape index (κ2) is 15.2. The predicted octanol–water partition coefficient (Wildman–Crippen LogP) is 16.7. The molecule has 0 spiro atoms. The van der Waals surface area contributed by atoms with E-state index in [-0.39, 0.29) is 0 Å². The summed E-state index contributed by atoms with van der Waals surface area (Å²) < 4.78 is 9.18. The number of hydrogen-bond acceptors (Lipinski definition) is 4. The third-order valence-electron chi connectivity index (χ3n) is 13.6. The molecule has 0 amide bonds. The number of nitrogens with zero attached hydrogens (tertiary/aromatic N) is 4. The van der Waals surface area contributed by atoms with Gasteiger partial charge in [-0.2, -0.15) is 0 Å². The Hall–Kier alpha value is -9.19. The van der Waals surface area contributed by atoms with Crippen LogP contribution in [0.2, 0.25) is 0 Å². The van der Waals surface area contributed by atoms with E-state index in [1.54, 1.807) is 0 Å². The largest absolute Gasteiger partial charge is 0.456 e. The van der Waals surface area contributed by atoms with Gasteiger partial charge in [0.1, 0.15) is 11.2 Å². The van der Waals surface area contributed by atoms with Gasteiger partial charge in [-0.05, 0) is 97.0 Å². The number of benzene rings is 11. The van der Waals surface area contributed by atoms with Crippen LogP contribution in [0.3, 0.4) is 0 Å². The van der Waals surface area contributed by atoms with E-state index in [4.69, 9.17) is 19.4 Å². The summed E-state index contributed by atoms with van der Waals surface area (Å²) >= 11 is 0. The van der Waals surface area contributed by atoms with E-state index in [2.05, 4.69) is 211 Å². The lowest BCUT2D eigenvalue weighted by Gasteiger charge is -2.12. The van der Waals surface area contributed by atoms with Gasteiger partial charge < -0.3 is 8.98 Å². The van der Waals surface area contributed by atoms with Gasteiger partial charge in [0, 0.05) is 43.9 Å². The van der Waals surface area contributed by atoms with Gasteiger partial charge in [0.25, 0.3) is 0 Å². The molecular formula is C63H38N4O. The number of hydrogen-bond donors (Lipinski definition) is 0. The van der Waals surface area contributed by atoms with Crippen molar-refractivity contribution in [1.82, 2.24) is 19.5 Å². The molecule has 0 unspecified atom stereocenters. The molecule has 0 bridgehead atoms. The molecule has 0 N–H and O–H groups in total. The number of rotatable bonds is 6. The van der Waals surface area contributed by atoms with E-state index in [9.17, 15) is 0 Å². The third-order valence-corrected chi connectivity index (χ3v) is 13.6. The predicted molar refractivity (Wildman–Crippen MR) is 281 cm³/mol. The summed E-state index contributed by atoms with van der Waals surface area (Å²) in [6.45, 7) is 0. The fraction of sp³-hybridized carbons (Fsp3) is 0. The lowest BCUT2D eigenvalue weighted by molar-refractivity contribution is 0.669. The lowest BCUT2D eigenvalue weighted by atomic mass is 9.99. The first-order chi connectivity index (χ1) is 33.7. The van der Waals surface area contributed by atoms with Crippen LogP contribution in [0.4, 0.5) is 0 Å². The maximum absolute atomic E-state index is 6.75. The van der Waals surface area contributed by atoms with Crippen LogP contribution in [-0.2, 0) is 0 Å². The summed E-state index contributed by atoms with van der Waals surface area (Å²) in [5.41, 5.74) is 12.2. The van der Waals surface area contributed by atoms with E-state index < -0.39 is 0 Å². The molecular weight excluding hydrogens is 829 g/mol. The minimum absolute atomic E-state index is 0.576. The zero-order valence-electron chi connectivity index (χ0n) is 36.6. The van der Waals surface area contributed by atoms with Gasteiger partial charge in [-0.1, -0.05) is 188 Å². The van der Waals surface area contributed by atoms with Crippen molar-refractivity contribution in [1.29, 1.82) is 0 Å². The van der Waals surface area contributed by atoms with Crippen LogP contribution in [0, 0.1) is 0 Å². The molecule has 0 atom stereocenters. The molecule has 0 aliphatic carbocycles. The van der Waals surface area contributed by atoms with Crippen LogP contribution < -0.4 is 0 Å². The Morgan fingerprint density at radius 2 is 0.824 bits per heavy atom. The van der Waals surface area contributed by atoms with Crippen LogP contribution in [-0.4, -0.2) is 19.5 Å². The van der Waals surface area contributed by atoms with E-state index in [1.165, 1.54) is 32.3 Å². The Balaban J connectivity index is 0.987. The van der Waals surface area contributed by atoms with Crippen molar-refractivity contribution in [2.24, 2.45) is 0 Å². The highest BCUT2D eigenvalue weighted by Gasteiger charge is 2.21. The second-order valence-corrected chi connectivity index (χ2v) is 17.6.